The third kappa shape index (κ3) is 4.37. The lowest BCUT2D eigenvalue weighted by Gasteiger charge is -2.28. The van der Waals surface area contributed by atoms with E-state index in [-0.39, 0.29) is 16.5 Å². The summed E-state index contributed by atoms with van der Waals surface area (Å²) in [5, 5.41) is 3.17. The number of para-hydroxylation sites is 1. The van der Waals surface area contributed by atoms with Crippen LogP contribution in [-0.4, -0.2) is 31.6 Å². The lowest BCUT2D eigenvalue weighted by molar-refractivity contribution is -0.116. The van der Waals surface area contributed by atoms with E-state index < -0.39 is 22.0 Å². The maximum Gasteiger partial charge on any atom is 0.249 e. The van der Waals surface area contributed by atoms with E-state index in [1.54, 1.807) is 24.3 Å². The quantitative estimate of drug-likeness (QED) is 0.853. The second-order valence-electron chi connectivity index (χ2n) is 5.03. The number of rotatable bonds is 5. The Labute approximate surface area is 150 Å². The van der Waals surface area contributed by atoms with E-state index in [0.29, 0.717) is 5.02 Å². The van der Waals surface area contributed by atoms with Crippen molar-refractivity contribution < 1.29 is 13.2 Å². The molecule has 0 radical (unpaired) electrons. The summed E-state index contributed by atoms with van der Waals surface area (Å²) < 4.78 is 25.3. The molecule has 0 aliphatic carbocycles. The zero-order valence-corrected chi connectivity index (χ0v) is 15.2. The Morgan fingerprint density at radius 1 is 1.25 bits per heavy atom. The van der Waals surface area contributed by atoms with Gasteiger partial charge in [0, 0.05) is 11.2 Å². The highest BCUT2D eigenvalue weighted by atomic mass is 35.5. The van der Waals surface area contributed by atoms with Crippen molar-refractivity contribution in [1.82, 2.24) is 4.98 Å². The molecule has 24 heavy (non-hydrogen) atoms. The number of nitrogens with zero attached hydrogens (tertiary/aromatic N) is 2. The van der Waals surface area contributed by atoms with Crippen molar-refractivity contribution in [2.75, 3.05) is 15.9 Å². The highest BCUT2D eigenvalue weighted by Crippen LogP contribution is 2.29. The van der Waals surface area contributed by atoms with Gasteiger partial charge in [0.05, 0.1) is 17.0 Å². The number of hydrogen-bond acceptors (Lipinski definition) is 4. The molecule has 0 aliphatic heterocycles. The van der Waals surface area contributed by atoms with Crippen LogP contribution in [0.4, 0.5) is 11.5 Å². The molecule has 1 aromatic carbocycles. The molecule has 1 atom stereocenters. The molecule has 0 spiro atoms. The summed E-state index contributed by atoms with van der Waals surface area (Å²) in [6.45, 7) is 1.46. The Bertz CT molecular complexity index is 859. The van der Waals surface area contributed by atoms with Gasteiger partial charge < -0.3 is 5.32 Å². The summed E-state index contributed by atoms with van der Waals surface area (Å²) >= 11 is 11.9. The zero-order valence-electron chi connectivity index (χ0n) is 12.9. The molecule has 6 nitrogen and oxygen atoms in total. The highest BCUT2D eigenvalue weighted by Gasteiger charge is 2.30. The third-order valence-corrected chi connectivity index (χ3v) is 4.93. The number of amides is 1. The number of nitrogens with one attached hydrogen (secondary N) is 1. The number of hydrogen-bond donors (Lipinski definition) is 1. The van der Waals surface area contributed by atoms with Crippen molar-refractivity contribution in [2.24, 2.45) is 0 Å². The highest BCUT2D eigenvalue weighted by molar-refractivity contribution is 7.92. The molecule has 2 aromatic rings. The van der Waals surface area contributed by atoms with Crippen molar-refractivity contribution in [3.63, 3.8) is 0 Å². The minimum Gasteiger partial charge on any atom is -0.309 e. The molecule has 1 amide bonds. The van der Waals surface area contributed by atoms with Crippen molar-refractivity contribution in [3.8, 4) is 0 Å². The zero-order chi connectivity index (χ0) is 17.9. The Morgan fingerprint density at radius 3 is 2.50 bits per heavy atom. The lowest BCUT2D eigenvalue weighted by atomic mass is 10.2. The number of pyridine rings is 1. The molecule has 0 fully saturated rings. The predicted molar refractivity (Wildman–Crippen MR) is 96.1 cm³/mol. The molecule has 128 valence electrons. The number of aromatic nitrogens is 1. The van der Waals surface area contributed by atoms with Gasteiger partial charge in [-0.1, -0.05) is 35.3 Å². The van der Waals surface area contributed by atoms with Gasteiger partial charge in [-0.05, 0) is 31.2 Å². The molecule has 1 heterocycles. The van der Waals surface area contributed by atoms with E-state index in [0.717, 1.165) is 10.6 Å². The lowest BCUT2D eigenvalue weighted by Crippen LogP contribution is -2.45. The summed E-state index contributed by atoms with van der Waals surface area (Å²) in [4.78, 5) is 16.4. The Hall–Kier alpha value is -1.83. The van der Waals surface area contributed by atoms with Crippen LogP contribution in [0.25, 0.3) is 0 Å². The Balaban J connectivity index is 2.33. The number of sulfonamides is 1. The van der Waals surface area contributed by atoms with Gasteiger partial charge in [0.1, 0.15) is 11.9 Å². The maximum atomic E-state index is 12.5. The van der Waals surface area contributed by atoms with Gasteiger partial charge in [0.25, 0.3) is 0 Å². The van der Waals surface area contributed by atoms with Gasteiger partial charge in [0.15, 0.2) is 0 Å². The Kier molecular flexibility index (Phi) is 5.69. The fourth-order valence-corrected chi connectivity index (χ4v) is 3.74. The van der Waals surface area contributed by atoms with Gasteiger partial charge in [-0.2, -0.15) is 0 Å². The summed E-state index contributed by atoms with van der Waals surface area (Å²) in [5.41, 5.74) is 0.225. The van der Waals surface area contributed by atoms with Gasteiger partial charge in [-0.25, -0.2) is 13.4 Å². The summed E-state index contributed by atoms with van der Waals surface area (Å²) in [6, 6.07) is 8.39. The van der Waals surface area contributed by atoms with Crippen molar-refractivity contribution in [1.29, 1.82) is 0 Å². The number of carbonyl (C=O) groups excluding carboxylic acids is 1. The van der Waals surface area contributed by atoms with Crippen LogP contribution in [0.15, 0.2) is 42.6 Å². The van der Waals surface area contributed by atoms with Crippen LogP contribution in [0.1, 0.15) is 6.92 Å². The van der Waals surface area contributed by atoms with Crippen LogP contribution in [-0.2, 0) is 14.8 Å². The molecule has 0 saturated carbocycles. The van der Waals surface area contributed by atoms with E-state index in [2.05, 4.69) is 10.3 Å². The number of carbonyl (C=O) groups is 1. The van der Waals surface area contributed by atoms with Crippen molar-refractivity contribution in [3.05, 3.63) is 52.6 Å². The third-order valence-electron chi connectivity index (χ3n) is 3.15. The molecule has 0 saturated heterocycles. The standard InChI is InChI=1S/C15H15Cl2N3O3S/c1-10(15(21)19-14-9-11(16)7-8-18-14)20(24(2,22)23)13-6-4-3-5-12(13)17/h3-10H,1-2H3,(H,18,19,21). The summed E-state index contributed by atoms with van der Waals surface area (Å²) in [7, 11) is -3.74. The normalized spacial score (nSPS) is 12.5. The average molecular weight is 388 g/mol. The van der Waals surface area contributed by atoms with Gasteiger partial charge >= 0.3 is 0 Å². The van der Waals surface area contributed by atoms with E-state index in [9.17, 15) is 13.2 Å². The predicted octanol–water partition coefficient (Wildman–Crippen LogP) is 3.18. The average Bonchev–Trinajstić information content (AvgIpc) is 2.48. The smallest absolute Gasteiger partial charge is 0.249 e. The topological polar surface area (TPSA) is 79.4 Å². The van der Waals surface area contributed by atoms with Crippen molar-refractivity contribution >= 4 is 50.6 Å². The second-order valence-corrected chi connectivity index (χ2v) is 7.74. The van der Waals surface area contributed by atoms with E-state index >= 15 is 0 Å². The fourth-order valence-electron chi connectivity index (χ4n) is 2.12. The van der Waals surface area contributed by atoms with Gasteiger partial charge in [0.2, 0.25) is 15.9 Å². The first-order chi connectivity index (χ1) is 11.2. The van der Waals surface area contributed by atoms with E-state index in [1.165, 1.54) is 25.3 Å². The molecular weight excluding hydrogens is 373 g/mol. The van der Waals surface area contributed by atoms with E-state index in [4.69, 9.17) is 23.2 Å². The number of halogens is 2. The Morgan fingerprint density at radius 2 is 1.92 bits per heavy atom. The van der Waals surface area contributed by atoms with Crippen LogP contribution >= 0.6 is 23.2 Å². The first-order valence-electron chi connectivity index (χ1n) is 6.86. The SMILES string of the molecule is CC(C(=O)Nc1cc(Cl)ccn1)N(c1ccccc1Cl)S(C)(=O)=O. The number of anilines is 2. The second kappa shape index (κ2) is 7.38. The molecule has 0 aliphatic rings. The molecule has 2 rings (SSSR count). The van der Waals surface area contributed by atoms with Crippen LogP contribution in [0, 0.1) is 0 Å². The summed E-state index contributed by atoms with van der Waals surface area (Å²) in [6.07, 6.45) is 2.45. The van der Waals surface area contributed by atoms with E-state index in [1.807, 2.05) is 0 Å². The monoisotopic (exact) mass is 387 g/mol. The minimum atomic E-state index is -3.74. The van der Waals surface area contributed by atoms with Gasteiger partial charge in [-0.15, -0.1) is 0 Å². The molecule has 1 N–H and O–H groups in total. The minimum absolute atomic E-state index is 0.225. The van der Waals surface area contributed by atoms with Crippen LogP contribution < -0.4 is 9.62 Å². The fraction of sp³-hybridized carbons (Fsp3) is 0.200. The largest absolute Gasteiger partial charge is 0.309 e. The molecular formula is C15H15Cl2N3O3S. The summed E-state index contributed by atoms with van der Waals surface area (Å²) in [5.74, 6) is -0.331. The number of benzene rings is 1. The molecule has 1 aromatic heterocycles. The molecule has 1 unspecified atom stereocenters. The molecule has 9 heteroatoms. The maximum absolute atomic E-state index is 12.5. The van der Waals surface area contributed by atoms with Crippen LogP contribution in [0.5, 0.6) is 0 Å². The van der Waals surface area contributed by atoms with Crippen molar-refractivity contribution in [2.45, 2.75) is 13.0 Å². The first kappa shape index (κ1) is 18.5. The first-order valence-corrected chi connectivity index (χ1v) is 9.47. The van der Waals surface area contributed by atoms with Crippen LogP contribution in [0.3, 0.4) is 0 Å². The van der Waals surface area contributed by atoms with Gasteiger partial charge in [-0.3, -0.25) is 9.10 Å². The molecule has 0 bridgehead atoms. The van der Waals surface area contributed by atoms with Crippen LogP contribution in [0.2, 0.25) is 10.0 Å².